The second-order valence-corrected chi connectivity index (χ2v) is 5.67. The molecule has 1 rings (SSSR count). The van der Waals surface area contributed by atoms with E-state index in [1.807, 2.05) is 0 Å². The summed E-state index contributed by atoms with van der Waals surface area (Å²) in [4.78, 5) is 10.8. The number of hydrogen-bond donors (Lipinski definition) is 1. The summed E-state index contributed by atoms with van der Waals surface area (Å²) in [7, 11) is -2.15. The molecular formula is C10H16N2O5S. The topological polar surface area (TPSA) is 98.5 Å². The maximum atomic E-state index is 11.6. The fraction of sp³-hybridized carbons (Fsp3) is 0.600. The van der Waals surface area contributed by atoms with E-state index in [0.717, 1.165) is 0 Å². The summed E-state index contributed by atoms with van der Waals surface area (Å²) in [5.74, 6) is 0.0751. The molecule has 102 valence electrons. The molecule has 0 bridgehead atoms. The van der Waals surface area contributed by atoms with Crippen LogP contribution in [0, 0.1) is 6.92 Å². The van der Waals surface area contributed by atoms with Gasteiger partial charge in [-0.05, 0) is 13.3 Å². The van der Waals surface area contributed by atoms with Crippen molar-refractivity contribution < 1.29 is 22.5 Å². The van der Waals surface area contributed by atoms with E-state index in [2.05, 4.69) is 14.6 Å². The maximum absolute atomic E-state index is 11.6. The first kappa shape index (κ1) is 14.7. The summed E-state index contributed by atoms with van der Waals surface area (Å²) >= 11 is 0. The van der Waals surface area contributed by atoms with Crippen LogP contribution in [0.2, 0.25) is 0 Å². The number of rotatable bonds is 7. The number of aryl methyl sites for hydroxylation is 1. The predicted octanol–water partition coefficient (Wildman–Crippen LogP) is 0.356. The Labute approximate surface area is 106 Å². The molecule has 0 aliphatic carbocycles. The molecule has 1 aromatic rings. The standard InChI is InChI=1S/C10H16N2O5S/c1-8-6-9(12-17-8)7-11-18(14,15)5-3-4-10(13)16-2/h6,11H,3-5,7H2,1-2H3. The minimum absolute atomic E-state index is 0.0812. The molecular weight excluding hydrogens is 260 g/mol. The van der Waals surface area contributed by atoms with Crippen LogP contribution in [0.25, 0.3) is 0 Å². The van der Waals surface area contributed by atoms with Crippen LogP contribution in [0.4, 0.5) is 0 Å². The van der Waals surface area contributed by atoms with Gasteiger partial charge in [-0.15, -0.1) is 0 Å². The van der Waals surface area contributed by atoms with Gasteiger partial charge in [0.25, 0.3) is 0 Å². The van der Waals surface area contributed by atoms with Gasteiger partial charge in [-0.3, -0.25) is 4.79 Å². The van der Waals surface area contributed by atoms with Gasteiger partial charge >= 0.3 is 5.97 Å². The molecule has 0 aromatic carbocycles. The van der Waals surface area contributed by atoms with Crippen molar-refractivity contribution >= 4 is 16.0 Å². The molecule has 0 radical (unpaired) electrons. The third-order valence-electron chi connectivity index (χ3n) is 2.17. The van der Waals surface area contributed by atoms with E-state index in [1.165, 1.54) is 7.11 Å². The number of methoxy groups -OCH3 is 1. The summed E-state index contributed by atoms with van der Waals surface area (Å²) in [5, 5.41) is 3.66. The van der Waals surface area contributed by atoms with Crippen molar-refractivity contribution in [3.63, 3.8) is 0 Å². The van der Waals surface area contributed by atoms with Gasteiger partial charge in [0.1, 0.15) is 5.76 Å². The second-order valence-electron chi connectivity index (χ2n) is 3.75. The minimum Gasteiger partial charge on any atom is -0.469 e. The smallest absolute Gasteiger partial charge is 0.305 e. The highest BCUT2D eigenvalue weighted by Crippen LogP contribution is 2.02. The third kappa shape index (κ3) is 5.28. The van der Waals surface area contributed by atoms with Gasteiger partial charge in [-0.25, -0.2) is 13.1 Å². The van der Waals surface area contributed by atoms with Crippen LogP contribution in [0.5, 0.6) is 0 Å². The van der Waals surface area contributed by atoms with E-state index in [1.54, 1.807) is 13.0 Å². The molecule has 1 N–H and O–H groups in total. The van der Waals surface area contributed by atoms with Crippen molar-refractivity contribution in [2.75, 3.05) is 12.9 Å². The van der Waals surface area contributed by atoms with Crippen molar-refractivity contribution in [1.29, 1.82) is 0 Å². The van der Waals surface area contributed by atoms with E-state index in [-0.39, 0.29) is 25.1 Å². The largest absolute Gasteiger partial charge is 0.469 e. The van der Waals surface area contributed by atoms with Crippen LogP contribution < -0.4 is 4.72 Å². The van der Waals surface area contributed by atoms with E-state index in [9.17, 15) is 13.2 Å². The molecule has 0 spiro atoms. The number of esters is 1. The number of nitrogens with one attached hydrogen (secondary N) is 1. The monoisotopic (exact) mass is 276 g/mol. The summed E-state index contributed by atoms with van der Waals surface area (Å²) < 4.78 is 34.7. The Kier molecular flexibility index (Phi) is 5.29. The van der Waals surface area contributed by atoms with Crippen molar-refractivity contribution in [3.8, 4) is 0 Å². The number of ether oxygens (including phenoxy) is 1. The molecule has 0 fully saturated rings. The Morgan fingerprint density at radius 1 is 1.56 bits per heavy atom. The fourth-order valence-electron chi connectivity index (χ4n) is 1.27. The van der Waals surface area contributed by atoms with Gasteiger partial charge < -0.3 is 9.26 Å². The zero-order valence-electron chi connectivity index (χ0n) is 10.3. The fourth-order valence-corrected chi connectivity index (χ4v) is 2.30. The molecule has 0 atom stereocenters. The first-order valence-electron chi connectivity index (χ1n) is 5.39. The first-order chi connectivity index (χ1) is 8.43. The molecule has 1 heterocycles. The number of nitrogens with zero attached hydrogens (tertiary/aromatic N) is 1. The molecule has 0 unspecified atom stereocenters. The van der Waals surface area contributed by atoms with Crippen molar-refractivity contribution in [2.45, 2.75) is 26.3 Å². The molecule has 7 nitrogen and oxygen atoms in total. The normalized spacial score (nSPS) is 11.4. The highest BCUT2D eigenvalue weighted by Gasteiger charge is 2.12. The van der Waals surface area contributed by atoms with E-state index >= 15 is 0 Å². The van der Waals surface area contributed by atoms with Crippen molar-refractivity contribution in [2.24, 2.45) is 0 Å². The average molecular weight is 276 g/mol. The maximum Gasteiger partial charge on any atom is 0.305 e. The van der Waals surface area contributed by atoms with Crippen molar-refractivity contribution in [3.05, 3.63) is 17.5 Å². The summed E-state index contributed by atoms with van der Waals surface area (Å²) in [5.41, 5.74) is 0.518. The zero-order valence-corrected chi connectivity index (χ0v) is 11.1. The Hall–Kier alpha value is -1.41. The average Bonchev–Trinajstić information content (AvgIpc) is 2.72. The van der Waals surface area contributed by atoms with Crippen LogP contribution in [0.15, 0.2) is 10.6 Å². The number of carbonyl (C=O) groups is 1. The van der Waals surface area contributed by atoms with Gasteiger partial charge in [0.2, 0.25) is 10.0 Å². The lowest BCUT2D eigenvalue weighted by molar-refractivity contribution is -0.140. The van der Waals surface area contributed by atoms with Crippen LogP contribution >= 0.6 is 0 Å². The predicted molar refractivity (Wildman–Crippen MR) is 63.1 cm³/mol. The first-order valence-corrected chi connectivity index (χ1v) is 7.04. The third-order valence-corrected chi connectivity index (χ3v) is 3.58. The van der Waals surface area contributed by atoms with Gasteiger partial charge in [-0.2, -0.15) is 0 Å². The summed E-state index contributed by atoms with van der Waals surface area (Å²) in [6, 6.07) is 1.65. The summed E-state index contributed by atoms with van der Waals surface area (Å²) in [6.45, 7) is 1.80. The molecule has 0 saturated heterocycles. The molecule has 0 amide bonds. The lowest BCUT2D eigenvalue weighted by Gasteiger charge is -2.04. The Morgan fingerprint density at radius 2 is 2.28 bits per heavy atom. The number of sulfonamides is 1. The van der Waals surface area contributed by atoms with Crippen LogP contribution in [0.3, 0.4) is 0 Å². The molecule has 0 aliphatic heterocycles. The lowest BCUT2D eigenvalue weighted by Crippen LogP contribution is -2.26. The molecule has 0 aliphatic rings. The van der Waals surface area contributed by atoms with E-state index in [4.69, 9.17) is 4.52 Å². The molecule has 8 heteroatoms. The SMILES string of the molecule is COC(=O)CCCS(=O)(=O)NCc1cc(C)on1. The zero-order chi connectivity index (χ0) is 13.6. The lowest BCUT2D eigenvalue weighted by atomic mass is 10.3. The number of aromatic nitrogens is 1. The number of hydrogen-bond acceptors (Lipinski definition) is 6. The van der Waals surface area contributed by atoms with Gasteiger partial charge in [0.05, 0.1) is 25.1 Å². The van der Waals surface area contributed by atoms with Crippen LogP contribution in [-0.2, 0) is 26.1 Å². The van der Waals surface area contributed by atoms with Gasteiger partial charge in [-0.1, -0.05) is 5.16 Å². The highest BCUT2D eigenvalue weighted by molar-refractivity contribution is 7.89. The molecule has 1 aromatic heterocycles. The van der Waals surface area contributed by atoms with Gasteiger partial charge in [0.15, 0.2) is 0 Å². The van der Waals surface area contributed by atoms with Crippen molar-refractivity contribution in [1.82, 2.24) is 9.88 Å². The van der Waals surface area contributed by atoms with Crippen LogP contribution in [0.1, 0.15) is 24.3 Å². The minimum atomic E-state index is -3.41. The Balaban J connectivity index is 2.33. The Bertz CT molecular complexity index is 494. The highest BCUT2D eigenvalue weighted by atomic mass is 32.2. The Morgan fingerprint density at radius 3 is 2.83 bits per heavy atom. The van der Waals surface area contributed by atoms with Crippen LogP contribution in [-0.4, -0.2) is 32.4 Å². The summed E-state index contributed by atoms with van der Waals surface area (Å²) in [6.07, 6.45) is 0.306. The van der Waals surface area contributed by atoms with Gasteiger partial charge in [0, 0.05) is 12.5 Å². The quantitative estimate of drug-likeness (QED) is 0.722. The number of carbonyl (C=O) groups excluding carboxylic acids is 1. The van der Waals surface area contributed by atoms with E-state index < -0.39 is 16.0 Å². The second kappa shape index (κ2) is 6.50. The molecule has 0 saturated carbocycles. The molecule has 18 heavy (non-hydrogen) atoms. The van der Waals surface area contributed by atoms with E-state index in [0.29, 0.717) is 11.5 Å².